The number of aromatic nitrogens is 1. The van der Waals surface area contributed by atoms with Gasteiger partial charge in [0.25, 0.3) is 0 Å². The van der Waals surface area contributed by atoms with Crippen molar-refractivity contribution >= 4 is 16.9 Å². The molecule has 4 heteroatoms. The second kappa shape index (κ2) is 5.21. The summed E-state index contributed by atoms with van der Waals surface area (Å²) < 4.78 is 6.25. The predicted octanol–water partition coefficient (Wildman–Crippen LogP) is 3.52. The number of allylic oxidation sites excluding steroid dienone is 1. The summed E-state index contributed by atoms with van der Waals surface area (Å²) in [5.74, 6) is 0.143. The van der Waals surface area contributed by atoms with Crippen LogP contribution in [0, 0.1) is 5.92 Å². The van der Waals surface area contributed by atoms with Crippen LogP contribution in [0.1, 0.15) is 37.9 Å². The van der Waals surface area contributed by atoms with Gasteiger partial charge in [-0.3, -0.25) is 9.69 Å². The first-order valence-electron chi connectivity index (χ1n) is 9.37. The molecule has 1 aliphatic carbocycles. The fourth-order valence-electron chi connectivity index (χ4n) is 5.56. The average Bonchev–Trinajstić information content (AvgIpc) is 2.97. The Kier molecular flexibility index (Phi) is 3.17. The van der Waals surface area contributed by atoms with E-state index >= 15 is 0 Å². The zero-order valence-corrected chi connectivity index (χ0v) is 14.8. The van der Waals surface area contributed by atoms with Crippen LogP contribution in [0.2, 0.25) is 0 Å². The number of hydrogen-bond acceptors (Lipinski definition) is 3. The Bertz CT molecular complexity index is 896. The van der Waals surface area contributed by atoms with Crippen LogP contribution in [-0.2, 0) is 21.6 Å². The molecule has 25 heavy (non-hydrogen) atoms. The van der Waals surface area contributed by atoms with E-state index < -0.39 is 5.60 Å². The molecule has 130 valence electrons. The number of para-hydroxylation sites is 1. The third-order valence-electron chi connectivity index (χ3n) is 6.42. The fourth-order valence-corrected chi connectivity index (χ4v) is 5.56. The van der Waals surface area contributed by atoms with E-state index in [1.165, 1.54) is 16.5 Å². The van der Waals surface area contributed by atoms with Crippen molar-refractivity contribution in [3.63, 3.8) is 0 Å². The lowest BCUT2D eigenvalue weighted by Crippen LogP contribution is -2.50. The van der Waals surface area contributed by atoms with Crippen molar-refractivity contribution in [3.05, 3.63) is 47.2 Å². The lowest BCUT2D eigenvalue weighted by molar-refractivity contribution is -0.166. The summed E-state index contributed by atoms with van der Waals surface area (Å²) >= 11 is 0. The molecule has 4 nitrogen and oxygen atoms in total. The van der Waals surface area contributed by atoms with Gasteiger partial charge in [-0.2, -0.15) is 0 Å². The SMILES string of the molecule is CCC1=CCC2CN3CCc4c([nH]c5ccccc45)C2(OC(C)=O)C13. The minimum Gasteiger partial charge on any atom is -0.450 e. The summed E-state index contributed by atoms with van der Waals surface area (Å²) in [5, 5.41) is 1.28. The number of ether oxygens (including phenoxy) is 1. The summed E-state index contributed by atoms with van der Waals surface area (Å²) in [6.45, 7) is 5.80. The van der Waals surface area contributed by atoms with Crippen LogP contribution in [-0.4, -0.2) is 35.0 Å². The van der Waals surface area contributed by atoms with E-state index in [-0.39, 0.29) is 12.0 Å². The van der Waals surface area contributed by atoms with Crippen molar-refractivity contribution in [1.82, 2.24) is 9.88 Å². The second-order valence-electron chi connectivity index (χ2n) is 7.62. The molecule has 5 rings (SSSR count). The highest BCUT2D eigenvalue weighted by molar-refractivity contribution is 5.85. The Morgan fingerprint density at radius 1 is 1.40 bits per heavy atom. The van der Waals surface area contributed by atoms with Crippen LogP contribution in [0.15, 0.2) is 35.9 Å². The molecular formula is C21H24N2O2. The highest BCUT2D eigenvalue weighted by Gasteiger charge is 2.62. The monoisotopic (exact) mass is 336 g/mol. The van der Waals surface area contributed by atoms with Crippen molar-refractivity contribution in [1.29, 1.82) is 0 Å². The van der Waals surface area contributed by atoms with Gasteiger partial charge in [0.15, 0.2) is 5.60 Å². The Morgan fingerprint density at radius 2 is 2.24 bits per heavy atom. The van der Waals surface area contributed by atoms with Crippen molar-refractivity contribution in [3.8, 4) is 0 Å². The maximum absolute atomic E-state index is 12.2. The molecule has 1 N–H and O–H groups in total. The highest BCUT2D eigenvalue weighted by atomic mass is 16.6. The number of esters is 1. The Labute approximate surface area is 147 Å². The van der Waals surface area contributed by atoms with E-state index in [2.05, 4.69) is 47.1 Å². The molecule has 1 fully saturated rings. The number of hydrogen-bond donors (Lipinski definition) is 1. The third-order valence-corrected chi connectivity index (χ3v) is 6.42. The molecule has 2 aromatic rings. The van der Waals surface area contributed by atoms with Gasteiger partial charge < -0.3 is 9.72 Å². The van der Waals surface area contributed by atoms with E-state index in [1.807, 2.05) is 0 Å². The second-order valence-corrected chi connectivity index (χ2v) is 7.62. The molecule has 2 aliphatic heterocycles. The highest BCUT2D eigenvalue weighted by Crippen LogP contribution is 2.55. The first kappa shape index (κ1) is 15.2. The largest absolute Gasteiger partial charge is 0.450 e. The molecule has 4 atom stereocenters. The van der Waals surface area contributed by atoms with Gasteiger partial charge >= 0.3 is 5.97 Å². The lowest BCUT2D eigenvalue weighted by Gasteiger charge is -2.42. The summed E-state index contributed by atoms with van der Waals surface area (Å²) in [5.41, 5.74) is 4.50. The standard InChI is InChI=1S/C21H24N2O2/c1-3-14-8-9-15-12-23-11-10-17-16-6-4-5-7-18(16)22-19(17)21(15,20(14)23)25-13(2)24/h4-8,15,20,22H,3,9-12H2,1-2H3. The van der Waals surface area contributed by atoms with E-state index in [9.17, 15) is 4.79 Å². The van der Waals surface area contributed by atoms with Gasteiger partial charge in [0.2, 0.25) is 0 Å². The number of nitrogens with zero attached hydrogens (tertiary/aromatic N) is 1. The third kappa shape index (κ3) is 1.89. The molecule has 0 spiro atoms. The molecule has 4 bridgehead atoms. The van der Waals surface area contributed by atoms with E-state index in [0.29, 0.717) is 5.92 Å². The lowest BCUT2D eigenvalue weighted by atomic mass is 9.72. The number of rotatable bonds is 2. The number of H-pyrrole nitrogens is 1. The first-order valence-corrected chi connectivity index (χ1v) is 9.37. The van der Waals surface area contributed by atoms with Crippen molar-refractivity contribution in [2.24, 2.45) is 5.92 Å². The fraction of sp³-hybridized carbons (Fsp3) is 0.476. The molecule has 1 aromatic heterocycles. The van der Waals surface area contributed by atoms with Crippen molar-refractivity contribution < 1.29 is 9.53 Å². The predicted molar refractivity (Wildman–Crippen MR) is 97.3 cm³/mol. The summed E-state index contributed by atoms with van der Waals surface area (Å²) in [7, 11) is 0. The van der Waals surface area contributed by atoms with Crippen LogP contribution in [0.25, 0.3) is 10.9 Å². The zero-order chi connectivity index (χ0) is 17.2. The minimum atomic E-state index is -0.559. The van der Waals surface area contributed by atoms with Crippen LogP contribution < -0.4 is 0 Å². The van der Waals surface area contributed by atoms with Crippen molar-refractivity contribution in [2.75, 3.05) is 13.1 Å². The molecule has 4 unspecified atom stereocenters. The van der Waals surface area contributed by atoms with Gasteiger partial charge in [0.05, 0.1) is 11.7 Å². The van der Waals surface area contributed by atoms with Gasteiger partial charge in [0.1, 0.15) is 0 Å². The molecule has 1 aromatic carbocycles. The number of aromatic amines is 1. The molecular weight excluding hydrogens is 312 g/mol. The quantitative estimate of drug-likeness (QED) is 0.674. The number of benzene rings is 1. The summed E-state index contributed by atoms with van der Waals surface area (Å²) in [6, 6.07) is 8.65. The first-order chi connectivity index (χ1) is 12.1. The maximum Gasteiger partial charge on any atom is 0.303 e. The van der Waals surface area contributed by atoms with E-state index in [0.717, 1.165) is 43.6 Å². The number of carbonyl (C=O) groups is 1. The molecule has 0 radical (unpaired) electrons. The Hall–Kier alpha value is -2.07. The molecule has 3 aliphatic rings. The van der Waals surface area contributed by atoms with E-state index in [4.69, 9.17) is 4.74 Å². The summed E-state index contributed by atoms with van der Waals surface area (Å²) in [4.78, 5) is 18.4. The maximum atomic E-state index is 12.2. The molecule has 1 saturated heterocycles. The van der Waals surface area contributed by atoms with Crippen molar-refractivity contribution in [2.45, 2.75) is 44.8 Å². The van der Waals surface area contributed by atoms with Gasteiger partial charge in [-0.05, 0) is 30.9 Å². The van der Waals surface area contributed by atoms with Crippen LogP contribution in [0.4, 0.5) is 0 Å². The van der Waals surface area contributed by atoms with Gasteiger partial charge in [-0.25, -0.2) is 0 Å². The molecule has 0 amide bonds. The Morgan fingerprint density at radius 3 is 3.04 bits per heavy atom. The molecule has 0 saturated carbocycles. The number of fused-ring (bicyclic) bond motifs is 3. The molecule has 3 heterocycles. The van der Waals surface area contributed by atoms with Gasteiger partial charge in [-0.15, -0.1) is 0 Å². The van der Waals surface area contributed by atoms with Gasteiger partial charge in [-0.1, -0.05) is 36.8 Å². The summed E-state index contributed by atoms with van der Waals surface area (Å²) in [6.07, 6.45) is 5.39. The topological polar surface area (TPSA) is 45.3 Å². The number of carbonyl (C=O) groups excluding carboxylic acids is 1. The minimum absolute atomic E-state index is 0.175. The van der Waals surface area contributed by atoms with Crippen LogP contribution in [0.3, 0.4) is 0 Å². The number of nitrogens with one attached hydrogen (secondary N) is 1. The van der Waals surface area contributed by atoms with E-state index in [1.54, 1.807) is 6.92 Å². The Balaban J connectivity index is 1.82. The van der Waals surface area contributed by atoms with Crippen LogP contribution >= 0.6 is 0 Å². The van der Waals surface area contributed by atoms with Gasteiger partial charge in [0, 0.05) is 36.8 Å². The normalized spacial score (nSPS) is 32.9. The average molecular weight is 336 g/mol. The zero-order valence-electron chi connectivity index (χ0n) is 14.8. The van der Waals surface area contributed by atoms with Crippen LogP contribution in [0.5, 0.6) is 0 Å². The smallest absolute Gasteiger partial charge is 0.303 e.